The Hall–Kier alpha value is -1.92. The van der Waals surface area contributed by atoms with E-state index in [1.165, 1.54) is 14.0 Å². The molecule has 0 aromatic carbocycles. The molecule has 0 saturated carbocycles. The molecule has 1 unspecified atom stereocenters. The lowest BCUT2D eigenvalue weighted by Gasteiger charge is -2.13. The number of hydrogen-bond acceptors (Lipinski definition) is 6. The van der Waals surface area contributed by atoms with Crippen LogP contribution in [0.4, 0.5) is 0 Å². The van der Waals surface area contributed by atoms with Crippen molar-refractivity contribution in [2.75, 3.05) is 14.2 Å². The molecule has 0 saturated heterocycles. The number of hydrogen-bond donors (Lipinski definition) is 1. The van der Waals surface area contributed by atoms with Gasteiger partial charge < -0.3 is 14.8 Å². The van der Waals surface area contributed by atoms with Gasteiger partial charge in [0, 0.05) is 13.3 Å². The molecule has 0 aromatic rings. The molecule has 0 aliphatic rings. The van der Waals surface area contributed by atoms with Crippen molar-refractivity contribution >= 4 is 23.6 Å². The third-order valence-corrected chi connectivity index (χ3v) is 1.91. The summed E-state index contributed by atoms with van der Waals surface area (Å²) < 4.78 is 8.73. The minimum absolute atomic E-state index is 0.150. The summed E-state index contributed by atoms with van der Waals surface area (Å²) in [5.41, 5.74) is 0. The van der Waals surface area contributed by atoms with Crippen LogP contribution in [0.15, 0.2) is 0 Å². The number of ether oxygens (including phenoxy) is 2. The van der Waals surface area contributed by atoms with Crippen molar-refractivity contribution < 1.29 is 28.7 Å². The van der Waals surface area contributed by atoms with Gasteiger partial charge in [0.1, 0.15) is 0 Å². The van der Waals surface area contributed by atoms with Gasteiger partial charge in [-0.2, -0.15) is 0 Å². The highest BCUT2D eigenvalue weighted by atomic mass is 16.5. The Balaban J connectivity index is 4.47. The van der Waals surface area contributed by atoms with E-state index in [1.54, 1.807) is 0 Å². The predicted molar refractivity (Wildman–Crippen MR) is 55.9 cm³/mol. The van der Waals surface area contributed by atoms with E-state index >= 15 is 0 Å². The van der Waals surface area contributed by atoms with Crippen LogP contribution in [-0.4, -0.2) is 43.9 Å². The second-order valence-electron chi connectivity index (χ2n) is 3.20. The van der Waals surface area contributed by atoms with E-state index in [0.717, 1.165) is 7.11 Å². The molecule has 0 aromatic heterocycles. The van der Waals surface area contributed by atoms with Crippen LogP contribution in [0.2, 0.25) is 0 Å². The molecular weight excluding hydrogens is 230 g/mol. The van der Waals surface area contributed by atoms with Crippen molar-refractivity contribution in [1.29, 1.82) is 0 Å². The van der Waals surface area contributed by atoms with Crippen molar-refractivity contribution in [3.63, 3.8) is 0 Å². The van der Waals surface area contributed by atoms with Crippen molar-refractivity contribution in [3.05, 3.63) is 0 Å². The summed E-state index contributed by atoms with van der Waals surface area (Å²) in [6.07, 6.45) is -0.352. The first-order chi connectivity index (χ1) is 7.92. The fraction of sp³-hybridized carbons (Fsp3) is 0.600. The lowest BCUT2D eigenvalue weighted by molar-refractivity contribution is -0.149. The van der Waals surface area contributed by atoms with E-state index in [1.807, 2.05) is 0 Å². The Morgan fingerprint density at radius 3 is 2.06 bits per heavy atom. The van der Waals surface area contributed by atoms with Crippen LogP contribution in [-0.2, 0) is 28.7 Å². The van der Waals surface area contributed by atoms with Gasteiger partial charge in [-0.05, 0) is 0 Å². The average Bonchev–Trinajstić information content (AvgIpc) is 2.31. The van der Waals surface area contributed by atoms with E-state index in [2.05, 4.69) is 14.8 Å². The Bertz CT molecular complexity index is 325. The molecule has 0 aliphatic carbocycles. The van der Waals surface area contributed by atoms with Crippen molar-refractivity contribution in [2.45, 2.75) is 25.8 Å². The Morgan fingerprint density at radius 2 is 1.65 bits per heavy atom. The summed E-state index contributed by atoms with van der Waals surface area (Å²) in [5.74, 6) is -2.57. The number of nitrogens with one attached hydrogen (secondary N) is 1. The highest BCUT2D eigenvalue weighted by Crippen LogP contribution is 2.00. The van der Waals surface area contributed by atoms with Gasteiger partial charge in [-0.15, -0.1) is 0 Å². The second-order valence-corrected chi connectivity index (χ2v) is 3.20. The van der Waals surface area contributed by atoms with Gasteiger partial charge in [0.2, 0.25) is 5.91 Å². The SMILES string of the molecule is COC(=O)CCC(=O)C(NC(C)=O)C(=O)OC. The molecule has 1 atom stereocenters. The molecule has 1 amide bonds. The summed E-state index contributed by atoms with van der Waals surface area (Å²) >= 11 is 0. The quantitative estimate of drug-likeness (QED) is 0.485. The smallest absolute Gasteiger partial charge is 0.336 e. The van der Waals surface area contributed by atoms with E-state index < -0.39 is 29.7 Å². The van der Waals surface area contributed by atoms with Gasteiger partial charge in [0.15, 0.2) is 11.8 Å². The normalized spacial score (nSPS) is 11.2. The first-order valence-corrected chi connectivity index (χ1v) is 4.86. The van der Waals surface area contributed by atoms with Gasteiger partial charge in [0.05, 0.1) is 20.6 Å². The number of esters is 2. The summed E-state index contributed by atoms with van der Waals surface area (Å²) in [6, 6.07) is -1.37. The molecule has 0 fully saturated rings. The molecule has 0 rings (SSSR count). The first kappa shape index (κ1) is 15.1. The number of Topliss-reactive ketones (excluding diaryl/α,β-unsaturated/α-hetero) is 1. The number of carbonyl (C=O) groups excluding carboxylic acids is 4. The maximum atomic E-state index is 11.6. The monoisotopic (exact) mass is 245 g/mol. The van der Waals surface area contributed by atoms with Gasteiger partial charge in [-0.1, -0.05) is 0 Å². The second kappa shape index (κ2) is 7.37. The van der Waals surface area contributed by atoms with Crippen LogP contribution in [0.3, 0.4) is 0 Å². The molecule has 7 nitrogen and oxygen atoms in total. The van der Waals surface area contributed by atoms with E-state index in [0.29, 0.717) is 0 Å². The fourth-order valence-electron chi connectivity index (χ4n) is 1.06. The van der Waals surface area contributed by atoms with E-state index in [4.69, 9.17) is 0 Å². The predicted octanol–water partition coefficient (Wildman–Crippen LogP) is -0.814. The number of amides is 1. The van der Waals surface area contributed by atoms with Crippen molar-refractivity contribution in [1.82, 2.24) is 5.32 Å². The Kier molecular flexibility index (Phi) is 6.54. The summed E-state index contributed by atoms with van der Waals surface area (Å²) in [4.78, 5) is 44.4. The average molecular weight is 245 g/mol. The van der Waals surface area contributed by atoms with E-state index in [-0.39, 0.29) is 12.8 Å². The van der Waals surface area contributed by atoms with Crippen LogP contribution in [0.5, 0.6) is 0 Å². The minimum Gasteiger partial charge on any atom is -0.469 e. The summed E-state index contributed by atoms with van der Waals surface area (Å²) in [7, 11) is 2.29. The zero-order valence-electron chi connectivity index (χ0n) is 9.94. The zero-order valence-corrected chi connectivity index (χ0v) is 9.94. The van der Waals surface area contributed by atoms with Crippen molar-refractivity contribution in [3.8, 4) is 0 Å². The maximum Gasteiger partial charge on any atom is 0.336 e. The highest BCUT2D eigenvalue weighted by molar-refractivity contribution is 6.06. The van der Waals surface area contributed by atoms with Crippen molar-refractivity contribution in [2.24, 2.45) is 0 Å². The molecule has 17 heavy (non-hydrogen) atoms. The molecule has 0 spiro atoms. The van der Waals surface area contributed by atoms with Gasteiger partial charge in [-0.3, -0.25) is 14.4 Å². The lowest BCUT2D eigenvalue weighted by atomic mass is 10.1. The molecule has 0 radical (unpaired) electrons. The molecule has 7 heteroatoms. The molecular formula is C10H15NO6. The molecule has 1 N–H and O–H groups in total. The molecule has 96 valence electrons. The van der Waals surface area contributed by atoms with Crippen LogP contribution in [0.1, 0.15) is 19.8 Å². The number of ketones is 1. The third kappa shape index (κ3) is 5.64. The number of rotatable bonds is 6. The molecule has 0 heterocycles. The fourth-order valence-corrected chi connectivity index (χ4v) is 1.06. The van der Waals surface area contributed by atoms with E-state index in [9.17, 15) is 19.2 Å². The van der Waals surface area contributed by atoms with Crippen LogP contribution < -0.4 is 5.32 Å². The number of carbonyl (C=O) groups is 4. The standard InChI is InChI=1S/C10H15NO6/c1-6(12)11-9(10(15)17-3)7(13)4-5-8(14)16-2/h9H,4-5H2,1-3H3,(H,11,12). The van der Waals surface area contributed by atoms with Crippen LogP contribution in [0, 0.1) is 0 Å². The van der Waals surface area contributed by atoms with Gasteiger partial charge >= 0.3 is 11.9 Å². The highest BCUT2D eigenvalue weighted by Gasteiger charge is 2.28. The van der Waals surface area contributed by atoms with Crippen LogP contribution in [0.25, 0.3) is 0 Å². The summed E-state index contributed by atoms with van der Waals surface area (Å²) in [5, 5.41) is 2.16. The van der Waals surface area contributed by atoms with Gasteiger partial charge in [0.25, 0.3) is 0 Å². The first-order valence-electron chi connectivity index (χ1n) is 4.86. The van der Waals surface area contributed by atoms with Gasteiger partial charge in [-0.25, -0.2) is 4.79 Å². The largest absolute Gasteiger partial charge is 0.469 e. The van der Waals surface area contributed by atoms with Crippen LogP contribution >= 0.6 is 0 Å². The Morgan fingerprint density at radius 1 is 1.06 bits per heavy atom. The maximum absolute atomic E-state index is 11.6. The molecule has 0 aliphatic heterocycles. The number of methoxy groups -OCH3 is 2. The third-order valence-electron chi connectivity index (χ3n) is 1.91. The topological polar surface area (TPSA) is 98.8 Å². The molecule has 0 bridgehead atoms. The Labute approximate surface area is 98.4 Å². The lowest BCUT2D eigenvalue weighted by Crippen LogP contribution is -2.46. The zero-order chi connectivity index (χ0) is 13.4. The summed E-state index contributed by atoms with van der Waals surface area (Å²) in [6.45, 7) is 1.17. The minimum atomic E-state index is -1.37.